The molecule has 1 amide bonds. The highest BCUT2D eigenvalue weighted by Gasteiger charge is 2.18. The molecule has 0 bridgehead atoms. The molecule has 0 heterocycles. The van der Waals surface area contributed by atoms with Crippen molar-refractivity contribution in [3.05, 3.63) is 12.2 Å². The Hall–Kier alpha value is -0.870. The van der Waals surface area contributed by atoms with Gasteiger partial charge in [-0.3, -0.25) is 4.79 Å². The van der Waals surface area contributed by atoms with Crippen LogP contribution < -0.4 is 5.32 Å². The quantitative estimate of drug-likeness (QED) is 0.0420. The maximum atomic E-state index is 12.5. The Labute approximate surface area is 422 Å². The number of aliphatic hydroxyl groups excluding tert-OH is 2. The van der Waals surface area contributed by atoms with E-state index < -0.39 is 12.1 Å². The highest BCUT2D eigenvalue weighted by atomic mass is 16.3. The molecule has 4 nitrogen and oxygen atoms in total. The molecule has 0 radical (unpaired) electrons. The number of hydrogen-bond acceptors (Lipinski definition) is 3. The summed E-state index contributed by atoms with van der Waals surface area (Å²) in [4.78, 5) is 12.5. The first-order valence-corrected chi connectivity index (χ1v) is 31.4. The molecule has 2 atom stereocenters. The lowest BCUT2D eigenvalue weighted by atomic mass is 10.0. The lowest BCUT2D eigenvalue weighted by Gasteiger charge is -2.20. The van der Waals surface area contributed by atoms with E-state index in [0.29, 0.717) is 6.42 Å². The van der Waals surface area contributed by atoms with Crippen LogP contribution in [0.2, 0.25) is 0 Å². The van der Waals surface area contributed by atoms with Crippen molar-refractivity contribution in [3.8, 4) is 0 Å². The molecule has 0 saturated heterocycles. The van der Waals surface area contributed by atoms with Gasteiger partial charge in [-0.05, 0) is 19.3 Å². The average Bonchev–Trinajstić information content (AvgIpc) is 3.33. The Morgan fingerprint density at radius 2 is 0.552 bits per heavy atom. The SMILES string of the molecule is CCCCCCCCCCCCCCCCC/C=C/C(O)C(CO)NC(=O)CCCCCCCCCCCCCCCCCCCCCCCCCCCCCCCCCCCCCCCC. The normalized spacial score (nSPS) is 12.7. The Balaban J connectivity index is 3.36. The molecule has 0 rings (SSSR count). The molecular formula is C63H125NO3. The fraction of sp³-hybridized carbons (Fsp3) is 0.952. The molecule has 2 unspecified atom stereocenters. The van der Waals surface area contributed by atoms with Crippen LogP contribution in [-0.4, -0.2) is 34.9 Å². The predicted octanol–water partition coefficient (Wildman–Crippen LogP) is 20.9. The number of aliphatic hydroxyl groups is 2. The first-order chi connectivity index (χ1) is 33.2. The van der Waals surface area contributed by atoms with Gasteiger partial charge >= 0.3 is 0 Å². The summed E-state index contributed by atoms with van der Waals surface area (Å²) < 4.78 is 0. The Morgan fingerprint density at radius 1 is 0.343 bits per heavy atom. The van der Waals surface area contributed by atoms with Crippen LogP contribution in [0.15, 0.2) is 12.2 Å². The third kappa shape index (κ3) is 55.9. The topological polar surface area (TPSA) is 69.6 Å². The van der Waals surface area contributed by atoms with Crippen LogP contribution in [0.1, 0.15) is 367 Å². The van der Waals surface area contributed by atoms with E-state index in [1.165, 1.54) is 321 Å². The summed E-state index contributed by atoms with van der Waals surface area (Å²) in [6.45, 7) is 4.35. The zero-order valence-electron chi connectivity index (χ0n) is 46.2. The predicted molar refractivity (Wildman–Crippen MR) is 299 cm³/mol. The largest absolute Gasteiger partial charge is 0.394 e. The molecule has 400 valence electrons. The summed E-state index contributed by atoms with van der Waals surface area (Å²) in [5, 5.41) is 23.2. The molecular weight excluding hydrogens is 819 g/mol. The van der Waals surface area contributed by atoms with E-state index in [2.05, 4.69) is 19.2 Å². The van der Waals surface area contributed by atoms with Crippen LogP contribution >= 0.6 is 0 Å². The summed E-state index contributed by atoms with van der Waals surface area (Å²) in [6, 6.07) is -0.618. The second kappa shape index (κ2) is 59.4. The molecule has 4 heteroatoms. The number of carbonyl (C=O) groups is 1. The molecule has 0 aliphatic heterocycles. The lowest BCUT2D eigenvalue weighted by Crippen LogP contribution is -2.45. The number of carbonyl (C=O) groups excluding carboxylic acids is 1. The molecule has 0 aromatic heterocycles. The van der Waals surface area contributed by atoms with Crippen molar-refractivity contribution in [1.82, 2.24) is 5.32 Å². The maximum Gasteiger partial charge on any atom is 0.220 e. The van der Waals surface area contributed by atoms with Crippen molar-refractivity contribution < 1.29 is 15.0 Å². The van der Waals surface area contributed by atoms with Gasteiger partial charge in [0.05, 0.1) is 18.8 Å². The zero-order chi connectivity index (χ0) is 48.5. The van der Waals surface area contributed by atoms with Gasteiger partial charge in [-0.2, -0.15) is 0 Å². The van der Waals surface area contributed by atoms with E-state index in [-0.39, 0.29) is 12.5 Å². The van der Waals surface area contributed by atoms with Crippen LogP contribution in [0.5, 0.6) is 0 Å². The number of nitrogens with one attached hydrogen (secondary N) is 1. The van der Waals surface area contributed by atoms with Gasteiger partial charge in [0, 0.05) is 6.42 Å². The molecule has 0 fully saturated rings. The average molecular weight is 945 g/mol. The van der Waals surface area contributed by atoms with Gasteiger partial charge in [-0.1, -0.05) is 353 Å². The van der Waals surface area contributed by atoms with Crippen LogP contribution in [-0.2, 0) is 4.79 Å². The van der Waals surface area contributed by atoms with Crippen molar-refractivity contribution in [1.29, 1.82) is 0 Å². The number of hydrogen-bond donors (Lipinski definition) is 3. The Bertz CT molecular complexity index is 936. The summed E-state index contributed by atoms with van der Waals surface area (Å²) in [5.74, 6) is -0.0552. The molecule has 0 aliphatic carbocycles. The minimum absolute atomic E-state index is 0.0552. The number of unbranched alkanes of at least 4 members (excludes halogenated alkanes) is 52. The second-order valence-electron chi connectivity index (χ2n) is 21.8. The van der Waals surface area contributed by atoms with Gasteiger partial charge in [0.2, 0.25) is 5.91 Å². The van der Waals surface area contributed by atoms with E-state index in [0.717, 1.165) is 25.7 Å². The Morgan fingerprint density at radius 3 is 0.776 bits per heavy atom. The minimum Gasteiger partial charge on any atom is -0.394 e. The van der Waals surface area contributed by atoms with Gasteiger partial charge < -0.3 is 15.5 Å². The van der Waals surface area contributed by atoms with Gasteiger partial charge in [0.1, 0.15) is 0 Å². The maximum absolute atomic E-state index is 12.5. The van der Waals surface area contributed by atoms with E-state index >= 15 is 0 Å². The number of rotatable bonds is 59. The van der Waals surface area contributed by atoms with E-state index in [4.69, 9.17) is 0 Å². The van der Waals surface area contributed by atoms with E-state index in [1.54, 1.807) is 6.08 Å². The van der Waals surface area contributed by atoms with Crippen molar-refractivity contribution in [2.45, 2.75) is 379 Å². The summed E-state index contributed by atoms with van der Waals surface area (Å²) in [5.41, 5.74) is 0. The van der Waals surface area contributed by atoms with Gasteiger partial charge in [0.25, 0.3) is 0 Å². The summed E-state index contributed by atoms with van der Waals surface area (Å²) in [7, 11) is 0. The molecule has 3 N–H and O–H groups in total. The van der Waals surface area contributed by atoms with Crippen LogP contribution in [0.4, 0.5) is 0 Å². The highest BCUT2D eigenvalue weighted by molar-refractivity contribution is 5.76. The van der Waals surface area contributed by atoms with Crippen LogP contribution in [0.3, 0.4) is 0 Å². The molecule has 67 heavy (non-hydrogen) atoms. The van der Waals surface area contributed by atoms with Crippen LogP contribution in [0.25, 0.3) is 0 Å². The smallest absolute Gasteiger partial charge is 0.220 e. The molecule has 0 aliphatic rings. The van der Waals surface area contributed by atoms with Gasteiger partial charge in [0.15, 0.2) is 0 Å². The number of amides is 1. The number of allylic oxidation sites excluding steroid dienone is 1. The molecule has 0 aromatic carbocycles. The van der Waals surface area contributed by atoms with Gasteiger partial charge in [-0.15, -0.1) is 0 Å². The van der Waals surface area contributed by atoms with E-state index in [9.17, 15) is 15.0 Å². The monoisotopic (exact) mass is 944 g/mol. The second-order valence-corrected chi connectivity index (χ2v) is 21.8. The van der Waals surface area contributed by atoms with Crippen molar-refractivity contribution >= 4 is 5.91 Å². The fourth-order valence-corrected chi connectivity index (χ4v) is 10.2. The lowest BCUT2D eigenvalue weighted by molar-refractivity contribution is -0.123. The Kier molecular flexibility index (Phi) is 58.7. The summed E-state index contributed by atoms with van der Waals surface area (Å²) >= 11 is 0. The standard InChI is InChI=1S/C63H125NO3/c1-3-5-7-9-11-13-15-17-19-21-22-23-24-25-26-27-28-29-30-31-32-33-34-35-36-37-38-39-40-41-43-45-47-49-51-53-55-57-59-63(67)64-61(60-65)62(66)58-56-54-52-50-48-46-44-42-20-18-16-14-12-10-8-6-4-2/h56,58,61-62,65-66H,3-55,57,59-60H2,1-2H3,(H,64,67)/b58-56+. The first kappa shape index (κ1) is 66.1. The van der Waals surface area contributed by atoms with Crippen molar-refractivity contribution in [2.24, 2.45) is 0 Å². The minimum atomic E-state index is -0.835. The summed E-state index contributed by atoms with van der Waals surface area (Å²) in [6.07, 6.45) is 78.5. The zero-order valence-corrected chi connectivity index (χ0v) is 46.2. The molecule has 0 aromatic rings. The molecule has 0 saturated carbocycles. The molecule has 0 spiro atoms. The van der Waals surface area contributed by atoms with Crippen molar-refractivity contribution in [3.63, 3.8) is 0 Å². The fourth-order valence-electron chi connectivity index (χ4n) is 10.2. The third-order valence-corrected chi connectivity index (χ3v) is 15.0. The van der Waals surface area contributed by atoms with Gasteiger partial charge in [-0.25, -0.2) is 0 Å². The van der Waals surface area contributed by atoms with Crippen molar-refractivity contribution in [2.75, 3.05) is 6.61 Å². The first-order valence-electron chi connectivity index (χ1n) is 31.4. The highest BCUT2D eigenvalue weighted by Crippen LogP contribution is 2.19. The van der Waals surface area contributed by atoms with E-state index in [1.807, 2.05) is 6.08 Å². The van der Waals surface area contributed by atoms with Crippen LogP contribution in [0, 0.1) is 0 Å². The third-order valence-electron chi connectivity index (χ3n) is 15.0.